The Morgan fingerprint density at radius 3 is 2.66 bits per heavy atom. The first-order valence-corrected chi connectivity index (χ1v) is 10.5. The molecule has 0 radical (unpaired) electrons. The van der Waals surface area contributed by atoms with Crippen molar-refractivity contribution >= 4 is 11.0 Å². The Balaban J connectivity index is 1.61. The van der Waals surface area contributed by atoms with Gasteiger partial charge in [-0.3, -0.25) is 0 Å². The lowest BCUT2D eigenvalue weighted by molar-refractivity contribution is 0.0735. The Kier molecular flexibility index (Phi) is 6.27. The highest BCUT2D eigenvalue weighted by Gasteiger charge is 2.31. The highest BCUT2D eigenvalue weighted by molar-refractivity contribution is 5.83. The Hall–Kier alpha value is -3.20. The third kappa shape index (κ3) is 4.25. The van der Waals surface area contributed by atoms with Crippen LogP contribution in [0.1, 0.15) is 24.7 Å². The van der Waals surface area contributed by atoms with E-state index in [1.54, 1.807) is 6.07 Å². The predicted molar refractivity (Wildman–Crippen MR) is 120 cm³/mol. The van der Waals surface area contributed by atoms with Crippen LogP contribution in [0, 0.1) is 6.92 Å². The van der Waals surface area contributed by atoms with Crippen LogP contribution in [0.5, 0.6) is 5.75 Å². The highest BCUT2D eigenvalue weighted by Crippen LogP contribution is 2.31. The van der Waals surface area contributed by atoms with E-state index in [4.69, 9.17) is 24.1 Å². The third-order valence-electron chi connectivity index (χ3n) is 5.26. The first-order chi connectivity index (χ1) is 15.5. The molecule has 32 heavy (non-hydrogen) atoms. The molecule has 168 valence electrons. The smallest absolute Gasteiger partial charge is 0.258 e. The topological polar surface area (TPSA) is 117 Å². The average molecular weight is 437 g/mol. The van der Waals surface area contributed by atoms with Gasteiger partial charge in [0.1, 0.15) is 22.6 Å². The van der Waals surface area contributed by atoms with Crippen molar-refractivity contribution in [2.75, 3.05) is 26.9 Å². The normalized spacial score (nSPS) is 13.4. The van der Waals surface area contributed by atoms with Crippen molar-refractivity contribution in [2.24, 2.45) is 5.73 Å². The van der Waals surface area contributed by atoms with Gasteiger partial charge in [0.2, 0.25) is 5.82 Å². The van der Waals surface area contributed by atoms with Gasteiger partial charge in [-0.1, -0.05) is 12.1 Å². The Bertz CT molecular complexity index is 1220. The minimum atomic E-state index is -1.11. The van der Waals surface area contributed by atoms with Gasteiger partial charge in [-0.2, -0.15) is 4.98 Å². The van der Waals surface area contributed by atoms with E-state index in [1.165, 1.54) is 7.11 Å². The molecule has 0 fully saturated rings. The molecule has 4 aromatic rings. The lowest BCUT2D eigenvalue weighted by Crippen LogP contribution is -2.44. The summed E-state index contributed by atoms with van der Waals surface area (Å²) in [6, 6.07) is 13.2. The van der Waals surface area contributed by atoms with Crippen molar-refractivity contribution in [3.05, 3.63) is 53.8 Å². The first kappa shape index (κ1) is 22.0. The van der Waals surface area contributed by atoms with Crippen LogP contribution in [0.4, 0.5) is 0 Å². The molecule has 2 aromatic heterocycles. The molecule has 0 saturated carbocycles. The molecule has 8 heteroatoms. The molecular formula is C24H27N3O5. The van der Waals surface area contributed by atoms with Crippen molar-refractivity contribution < 1.29 is 23.5 Å². The van der Waals surface area contributed by atoms with Crippen LogP contribution in [-0.4, -0.2) is 42.2 Å². The van der Waals surface area contributed by atoms with E-state index in [-0.39, 0.29) is 13.2 Å². The fraction of sp³-hybridized carbons (Fsp3) is 0.333. The zero-order valence-corrected chi connectivity index (χ0v) is 18.4. The van der Waals surface area contributed by atoms with Crippen LogP contribution in [-0.2, 0) is 10.3 Å². The zero-order valence-electron chi connectivity index (χ0n) is 18.4. The summed E-state index contributed by atoms with van der Waals surface area (Å²) >= 11 is 0. The summed E-state index contributed by atoms with van der Waals surface area (Å²) in [6.45, 7) is 4.57. The summed E-state index contributed by atoms with van der Waals surface area (Å²) in [5.74, 6) is 2.19. The number of hydrogen-bond donors (Lipinski definition) is 2. The van der Waals surface area contributed by atoms with Crippen LogP contribution < -0.4 is 10.5 Å². The highest BCUT2D eigenvalue weighted by atomic mass is 16.5. The molecule has 4 rings (SSSR count). The van der Waals surface area contributed by atoms with Gasteiger partial charge in [-0.15, -0.1) is 0 Å². The van der Waals surface area contributed by atoms with Crippen LogP contribution in [0.15, 0.2) is 51.4 Å². The van der Waals surface area contributed by atoms with Gasteiger partial charge in [-0.05, 0) is 61.4 Å². The van der Waals surface area contributed by atoms with Crippen molar-refractivity contribution in [3.63, 3.8) is 0 Å². The lowest BCUT2D eigenvalue weighted by Gasteiger charge is -2.23. The number of furan rings is 1. The Labute approximate surface area is 185 Å². The summed E-state index contributed by atoms with van der Waals surface area (Å²) in [5, 5.41) is 14.7. The number of aromatic nitrogens is 2. The monoisotopic (exact) mass is 437 g/mol. The maximum Gasteiger partial charge on any atom is 0.258 e. The molecule has 8 nitrogen and oxygen atoms in total. The third-order valence-corrected chi connectivity index (χ3v) is 5.26. The fourth-order valence-corrected chi connectivity index (χ4v) is 3.49. The maximum atomic E-state index is 9.71. The first-order valence-electron chi connectivity index (χ1n) is 10.5. The lowest BCUT2D eigenvalue weighted by atomic mass is 9.99. The van der Waals surface area contributed by atoms with Gasteiger partial charge in [0.15, 0.2) is 0 Å². The zero-order chi connectivity index (χ0) is 22.7. The summed E-state index contributed by atoms with van der Waals surface area (Å²) in [7, 11) is 1.53. The number of nitrogens with zero attached hydrogens (tertiary/aromatic N) is 2. The largest absolute Gasteiger partial charge is 0.493 e. The van der Waals surface area contributed by atoms with Crippen LogP contribution >= 0.6 is 0 Å². The summed E-state index contributed by atoms with van der Waals surface area (Å²) < 4.78 is 22.2. The number of fused-ring (bicyclic) bond motifs is 1. The van der Waals surface area contributed by atoms with Gasteiger partial charge < -0.3 is 29.3 Å². The van der Waals surface area contributed by atoms with Crippen LogP contribution in [0.3, 0.4) is 0 Å². The molecule has 3 N–H and O–H groups in total. The molecule has 2 heterocycles. The minimum absolute atomic E-state index is 0.131. The molecule has 2 aromatic carbocycles. The van der Waals surface area contributed by atoms with E-state index in [1.807, 2.05) is 43.3 Å². The molecule has 0 amide bonds. The molecule has 0 aliphatic rings. The summed E-state index contributed by atoms with van der Waals surface area (Å²) in [6.07, 6.45) is 0.954. The van der Waals surface area contributed by atoms with Crippen LogP contribution in [0.25, 0.3) is 33.8 Å². The molecule has 1 atom stereocenters. The van der Waals surface area contributed by atoms with Crippen molar-refractivity contribution in [1.82, 2.24) is 10.1 Å². The second kappa shape index (κ2) is 9.12. The van der Waals surface area contributed by atoms with E-state index in [9.17, 15) is 5.11 Å². The van der Waals surface area contributed by atoms with Gasteiger partial charge in [0, 0.05) is 23.6 Å². The molecule has 0 aliphatic heterocycles. The number of hydrogen-bond acceptors (Lipinski definition) is 8. The number of aliphatic hydroxyl groups is 1. The summed E-state index contributed by atoms with van der Waals surface area (Å²) in [5.41, 5.74) is 8.38. The van der Waals surface area contributed by atoms with E-state index in [0.29, 0.717) is 29.7 Å². The average Bonchev–Trinajstić information content (AvgIpc) is 3.45. The number of nitrogens with two attached hydrogens (primary N) is 1. The van der Waals surface area contributed by atoms with Crippen molar-refractivity contribution in [1.29, 1.82) is 0 Å². The Morgan fingerprint density at radius 2 is 1.94 bits per heavy atom. The second-order valence-corrected chi connectivity index (χ2v) is 7.86. The van der Waals surface area contributed by atoms with Gasteiger partial charge in [-0.25, -0.2) is 0 Å². The van der Waals surface area contributed by atoms with E-state index < -0.39 is 5.54 Å². The molecule has 0 bridgehead atoms. The number of methoxy groups -OCH3 is 1. The van der Waals surface area contributed by atoms with Crippen molar-refractivity contribution in [2.45, 2.75) is 25.8 Å². The number of aryl methyl sites for hydroxylation is 1. The van der Waals surface area contributed by atoms with Gasteiger partial charge in [0.25, 0.3) is 5.89 Å². The molecule has 0 saturated heterocycles. The SMILES string of the molecule is CCCOc1ccc(-c2nc(-c3ccc4oc(C(N)(CO)COC)cc4c3)no2)cc1C. The number of benzene rings is 2. The number of ether oxygens (including phenoxy) is 2. The number of rotatable bonds is 9. The number of aliphatic hydroxyl groups excluding tert-OH is 1. The maximum absolute atomic E-state index is 9.71. The fourth-order valence-electron chi connectivity index (χ4n) is 3.49. The summed E-state index contributed by atoms with van der Waals surface area (Å²) in [4.78, 5) is 4.56. The minimum Gasteiger partial charge on any atom is -0.493 e. The molecule has 1 unspecified atom stereocenters. The molecular weight excluding hydrogens is 410 g/mol. The molecule has 0 spiro atoms. The van der Waals surface area contributed by atoms with E-state index >= 15 is 0 Å². The van der Waals surface area contributed by atoms with Crippen LogP contribution in [0.2, 0.25) is 0 Å². The quantitative estimate of drug-likeness (QED) is 0.403. The molecule has 0 aliphatic carbocycles. The predicted octanol–water partition coefficient (Wildman–Crippen LogP) is 4.04. The van der Waals surface area contributed by atoms with Gasteiger partial charge in [0.05, 0.1) is 19.8 Å². The second-order valence-electron chi connectivity index (χ2n) is 7.86. The Morgan fingerprint density at radius 1 is 1.12 bits per heavy atom. The van der Waals surface area contributed by atoms with E-state index in [2.05, 4.69) is 17.1 Å². The van der Waals surface area contributed by atoms with Crippen molar-refractivity contribution in [3.8, 4) is 28.6 Å². The standard InChI is InChI=1S/C24H27N3O5/c1-4-9-30-19-7-6-17(10-15(19)2)23-26-22(27-32-23)16-5-8-20-18(11-16)12-21(31-20)24(25,13-28)14-29-3/h5-8,10-12,28H,4,9,13-14,25H2,1-3H3. The van der Waals surface area contributed by atoms with E-state index in [0.717, 1.165) is 34.2 Å². The van der Waals surface area contributed by atoms with Gasteiger partial charge >= 0.3 is 0 Å².